The van der Waals surface area contributed by atoms with E-state index in [0.29, 0.717) is 18.0 Å². The molecule has 0 spiro atoms. The first kappa shape index (κ1) is 22.9. The zero-order valence-electron chi connectivity index (χ0n) is 19.5. The number of rotatable bonds is 6. The molecule has 8 heteroatoms. The predicted octanol–water partition coefficient (Wildman–Crippen LogP) is 2.28. The van der Waals surface area contributed by atoms with Crippen molar-refractivity contribution in [3.63, 3.8) is 0 Å². The number of anilines is 1. The number of aryl methyl sites for hydroxylation is 2. The molecule has 182 valence electrons. The molecule has 0 saturated heterocycles. The van der Waals surface area contributed by atoms with Gasteiger partial charge in [0.25, 0.3) is 5.91 Å². The Morgan fingerprint density at radius 1 is 1.09 bits per heavy atom. The van der Waals surface area contributed by atoms with Crippen LogP contribution < -0.4 is 21.2 Å². The molecule has 1 aromatic carbocycles. The number of carbonyl (C=O) groups excluding carboxylic acids is 2. The fourth-order valence-corrected chi connectivity index (χ4v) is 5.79. The summed E-state index contributed by atoms with van der Waals surface area (Å²) in [7, 11) is 0. The van der Waals surface area contributed by atoms with Crippen molar-refractivity contribution < 1.29 is 19.1 Å². The Balaban J connectivity index is 1.35. The van der Waals surface area contributed by atoms with Crippen molar-refractivity contribution in [2.45, 2.75) is 63.8 Å². The van der Waals surface area contributed by atoms with Crippen LogP contribution in [0.1, 0.15) is 66.4 Å². The van der Waals surface area contributed by atoms with Crippen LogP contribution in [0.4, 0.5) is 5.69 Å². The largest absolute Gasteiger partial charge is 0.422 e. The lowest BCUT2D eigenvalue weighted by Gasteiger charge is -2.37. The molecule has 0 bridgehead atoms. The average molecular weight is 468 g/mol. The summed E-state index contributed by atoms with van der Waals surface area (Å²) in [5, 5.41) is 15.8. The second-order valence-electron chi connectivity index (χ2n) is 9.88. The highest BCUT2D eigenvalue weighted by atomic mass is 16.4. The van der Waals surface area contributed by atoms with Crippen molar-refractivity contribution in [1.82, 2.24) is 10.6 Å². The van der Waals surface area contributed by atoms with E-state index in [9.17, 15) is 19.5 Å². The van der Waals surface area contributed by atoms with Gasteiger partial charge in [0.15, 0.2) is 0 Å². The summed E-state index contributed by atoms with van der Waals surface area (Å²) in [6.45, 7) is 2.02. The molecule has 3 aliphatic rings. The normalized spacial score (nSPS) is 18.9. The Kier molecular flexibility index (Phi) is 6.59. The summed E-state index contributed by atoms with van der Waals surface area (Å²) in [6, 6.07) is 2.46. The van der Waals surface area contributed by atoms with Crippen molar-refractivity contribution in [2.24, 2.45) is 5.92 Å². The van der Waals surface area contributed by atoms with E-state index in [1.165, 1.54) is 30.5 Å². The molecule has 0 unspecified atom stereocenters. The van der Waals surface area contributed by atoms with Crippen LogP contribution in [0.5, 0.6) is 0 Å². The van der Waals surface area contributed by atoms with Gasteiger partial charge in [0.05, 0.1) is 6.61 Å². The molecule has 1 aliphatic carbocycles. The van der Waals surface area contributed by atoms with Crippen molar-refractivity contribution in [3.8, 4) is 0 Å². The molecule has 1 fully saturated rings. The molecule has 8 nitrogen and oxygen atoms in total. The topological polar surface area (TPSA) is 112 Å². The van der Waals surface area contributed by atoms with E-state index in [0.717, 1.165) is 62.6 Å². The SMILES string of the molecule is O=C(N[C@@H](CO)C(=O)NCC1CCCCC1)c1cc2cc3c4c(c2oc1=O)CCCN4CCC3. The minimum absolute atomic E-state index is 0.151. The van der Waals surface area contributed by atoms with Crippen LogP contribution in [0, 0.1) is 5.92 Å². The standard InChI is InChI=1S/C26H33N3O5/c30-15-21(25(32)27-14-16-6-2-1-3-7-16)28-24(31)20-13-18-12-17-8-4-10-29-11-5-9-19(22(17)29)23(18)34-26(20)33/h12-13,16,21,30H,1-11,14-15H2,(H,27,32)(H,28,31)/t21-/m0/s1. The summed E-state index contributed by atoms with van der Waals surface area (Å²) in [5.74, 6) is -0.719. The highest BCUT2D eigenvalue weighted by Gasteiger charge is 2.29. The molecule has 34 heavy (non-hydrogen) atoms. The molecule has 3 heterocycles. The molecule has 1 aromatic heterocycles. The van der Waals surface area contributed by atoms with Gasteiger partial charge in [0.2, 0.25) is 5.91 Å². The first-order valence-corrected chi connectivity index (χ1v) is 12.6. The molecule has 3 N–H and O–H groups in total. The maximum Gasteiger partial charge on any atom is 0.349 e. The van der Waals surface area contributed by atoms with E-state index in [1.807, 2.05) is 6.07 Å². The van der Waals surface area contributed by atoms with Crippen molar-refractivity contribution in [2.75, 3.05) is 31.1 Å². The minimum Gasteiger partial charge on any atom is -0.422 e. The van der Waals surface area contributed by atoms with Gasteiger partial charge in [0, 0.05) is 36.3 Å². The third-order valence-electron chi connectivity index (χ3n) is 7.55. The predicted molar refractivity (Wildman–Crippen MR) is 129 cm³/mol. The molecular formula is C26H33N3O5. The Bertz CT molecular complexity index is 1150. The Morgan fingerprint density at radius 2 is 1.85 bits per heavy atom. The molecular weight excluding hydrogens is 434 g/mol. The van der Waals surface area contributed by atoms with E-state index < -0.39 is 30.1 Å². The lowest BCUT2D eigenvalue weighted by Crippen LogP contribution is -2.50. The highest BCUT2D eigenvalue weighted by molar-refractivity contribution is 6.00. The Labute approximate surface area is 198 Å². The van der Waals surface area contributed by atoms with Crippen LogP contribution in [0.2, 0.25) is 0 Å². The number of hydrogen-bond acceptors (Lipinski definition) is 6. The number of amides is 2. The molecule has 2 aliphatic heterocycles. The summed E-state index contributed by atoms with van der Waals surface area (Å²) >= 11 is 0. The van der Waals surface area contributed by atoms with Crippen LogP contribution in [-0.4, -0.2) is 49.2 Å². The van der Waals surface area contributed by atoms with Gasteiger partial charge in [-0.3, -0.25) is 9.59 Å². The highest BCUT2D eigenvalue weighted by Crippen LogP contribution is 2.39. The first-order chi connectivity index (χ1) is 16.5. The summed E-state index contributed by atoms with van der Waals surface area (Å²) in [4.78, 5) is 40.6. The maximum atomic E-state index is 12.9. The van der Waals surface area contributed by atoms with Gasteiger partial charge in [-0.05, 0) is 62.1 Å². The van der Waals surface area contributed by atoms with E-state index >= 15 is 0 Å². The van der Waals surface area contributed by atoms with Gasteiger partial charge in [-0.15, -0.1) is 0 Å². The Morgan fingerprint density at radius 3 is 2.62 bits per heavy atom. The number of aliphatic hydroxyl groups is 1. The zero-order chi connectivity index (χ0) is 23.7. The average Bonchev–Trinajstić information content (AvgIpc) is 2.86. The van der Waals surface area contributed by atoms with Crippen molar-refractivity contribution >= 4 is 28.5 Å². The van der Waals surface area contributed by atoms with Gasteiger partial charge in [-0.1, -0.05) is 19.3 Å². The molecule has 5 rings (SSSR count). The zero-order valence-corrected chi connectivity index (χ0v) is 19.5. The van der Waals surface area contributed by atoms with Gasteiger partial charge in [-0.2, -0.15) is 0 Å². The van der Waals surface area contributed by atoms with Crippen LogP contribution in [-0.2, 0) is 17.6 Å². The second kappa shape index (κ2) is 9.78. The molecule has 2 amide bonds. The summed E-state index contributed by atoms with van der Waals surface area (Å²) in [6.07, 6.45) is 9.62. The van der Waals surface area contributed by atoms with E-state index in [1.54, 1.807) is 6.07 Å². The maximum absolute atomic E-state index is 12.9. The molecule has 1 saturated carbocycles. The fourth-order valence-electron chi connectivity index (χ4n) is 5.79. The third-order valence-corrected chi connectivity index (χ3v) is 7.55. The second-order valence-corrected chi connectivity index (χ2v) is 9.88. The van der Waals surface area contributed by atoms with Gasteiger partial charge < -0.3 is 25.1 Å². The van der Waals surface area contributed by atoms with Crippen molar-refractivity contribution in [3.05, 3.63) is 39.2 Å². The van der Waals surface area contributed by atoms with Crippen LogP contribution in [0.15, 0.2) is 21.3 Å². The number of nitrogens with one attached hydrogen (secondary N) is 2. The number of benzene rings is 1. The fraction of sp³-hybridized carbons (Fsp3) is 0.577. The van der Waals surface area contributed by atoms with Crippen molar-refractivity contribution in [1.29, 1.82) is 0 Å². The minimum atomic E-state index is -1.12. The molecule has 1 atom stereocenters. The first-order valence-electron chi connectivity index (χ1n) is 12.6. The lowest BCUT2D eigenvalue weighted by molar-refractivity contribution is -0.124. The number of carbonyl (C=O) groups is 2. The number of hydrogen-bond donors (Lipinski definition) is 3. The van der Waals surface area contributed by atoms with Gasteiger partial charge in [-0.25, -0.2) is 4.79 Å². The van der Waals surface area contributed by atoms with Gasteiger partial charge >= 0.3 is 5.63 Å². The molecule has 0 radical (unpaired) electrons. The van der Waals surface area contributed by atoms with Crippen LogP contribution >= 0.6 is 0 Å². The van der Waals surface area contributed by atoms with Crippen LogP contribution in [0.3, 0.4) is 0 Å². The summed E-state index contributed by atoms with van der Waals surface area (Å²) < 4.78 is 5.68. The summed E-state index contributed by atoms with van der Waals surface area (Å²) in [5.41, 5.74) is 3.15. The number of fused-ring (bicyclic) bond motifs is 2. The quantitative estimate of drug-likeness (QED) is 0.562. The lowest BCUT2D eigenvalue weighted by atomic mass is 9.89. The molecule has 2 aromatic rings. The smallest absolute Gasteiger partial charge is 0.349 e. The van der Waals surface area contributed by atoms with E-state index in [-0.39, 0.29) is 5.56 Å². The number of aliphatic hydroxyl groups excluding tert-OH is 1. The van der Waals surface area contributed by atoms with Gasteiger partial charge in [0.1, 0.15) is 17.2 Å². The number of nitrogens with zero attached hydrogens (tertiary/aromatic N) is 1. The van der Waals surface area contributed by atoms with Crippen LogP contribution in [0.25, 0.3) is 11.0 Å². The Hall–Kier alpha value is -2.87. The van der Waals surface area contributed by atoms with E-state index in [4.69, 9.17) is 4.42 Å². The van der Waals surface area contributed by atoms with E-state index in [2.05, 4.69) is 15.5 Å². The monoisotopic (exact) mass is 467 g/mol. The third kappa shape index (κ3) is 4.43.